The first-order valence-electron chi connectivity index (χ1n) is 6.21. The van der Waals surface area contributed by atoms with Gasteiger partial charge in [0.15, 0.2) is 0 Å². The number of hydrogen-bond acceptors (Lipinski definition) is 2. The summed E-state index contributed by atoms with van der Waals surface area (Å²) >= 11 is 0. The van der Waals surface area contributed by atoms with Crippen molar-refractivity contribution >= 4 is 5.91 Å². The van der Waals surface area contributed by atoms with Crippen LogP contribution in [0.2, 0.25) is 0 Å². The fourth-order valence-electron chi connectivity index (χ4n) is 2.34. The van der Waals surface area contributed by atoms with Crippen LogP contribution in [-0.2, 0) is 0 Å². The Morgan fingerprint density at radius 1 is 1.29 bits per heavy atom. The van der Waals surface area contributed by atoms with Gasteiger partial charge in [-0.25, -0.2) is 0 Å². The van der Waals surface area contributed by atoms with Crippen molar-refractivity contribution in [2.24, 2.45) is 5.41 Å². The molecule has 2 heterocycles. The molecule has 4 nitrogen and oxygen atoms in total. The van der Waals surface area contributed by atoms with Crippen LogP contribution in [0.3, 0.4) is 0 Å². The highest BCUT2D eigenvalue weighted by Gasteiger charge is 2.29. The molecule has 1 aliphatic rings. The molecule has 94 valence electrons. The van der Waals surface area contributed by atoms with Crippen LogP contribution >= 0.6 is 0 Å². The molecule has 1 amide bonds. The highest BCUT2D eigenvalue weighted by atomic mass is 16.2. The Morgan fingerprint density at radius 2 is 1.88 bits per heavy atom. The lowest BCUT2D eigenvalue weighted by Gasteiger charge is -2.36. The molecule has 1 aromatic heterocycles. The van der Waals surface area contributed by atoms with Gasteiger partial charge in [-0.2, -0.15) is 5.10 Å². The largest absolute Gasteiger partial charge is 0.338 e. The van der Waals surface area contributed by atoms with Crippen LogP contribution in [-0.4, -0.2) is 34.1 Å². The molecular weight excluding hydrogens is 214 g/mol. The number of rotatable bonds is 1. The first kappa shape index (κ1) is 12.1. The third-order valence-corrected chi connectivity index (χ3v) is 3.75. The molecule has 1 saturated heterocycles. The van der Waals surface area contributed by atoms with Crippen molar-refractivity contribution in [1.29, 1.82) is 0 Å². The summed E-state index contributed by atoms with van der Waals surface area (Å²) in [5.74, 6) is 0.129. The fraction of sp³-hybridized carbons (Fsp3) is 0.692. The summed E-state index contributed by atoms with van der Waals surface area (Å²) in [7, 11) is 0. The number of H-pyrrole nitrogens is 1. The number of aromatic nitrogens is 2. The highest BCUT2D eigenvalue weighted by Crippen LogP contribution is 2.30. The number of likely N-dealkylation sites (tertiary alicyclic amines) is 1. The number of aryl methyl sites for hydroxylation is 2. The summed E-state index contributed by atoms with van der Waals surface area (Å²) in [6, 6.07) is 0. The lowest BCUT2D eigenvalue weighted by Crippen LogP contribution is -2.41. The predicted octanol–water partition coefficient (Wildman–Crippen LogP) is 2.29. The Morgan fingerprint density at radius 3 is 2.35 bits per heavy atom. The molecule has 0 spiro atoms. The van der Waals surface area contributed by atoms with Gasteiger partial charge < -0.3 is 4.90 Å². The minimum absolute atomic E-state index is 0.129. The van der Waals surface area contributed by atoms with Gasteiger partial charge in [0, 0.05) is 18.8 Å². The van der Waals surface area contributed by atoms with E-state index in [1.165, 1.54) is 0 Å². The van der Waals surface area contributed by atoms with E-state index >= 15 is 0 Å². The molecule has 0 radical (unpaired) electrons. The molecule has 0 unspecified atom stereocenters. The smallest absolute Gasteiger partial charge is 0.257 e. The number of hydrogen-bond donors (Lipinski definition) is 1. The zero-order valence-corrected chi connectivity index (χ0v) is 11.1. The van der Waals surface area contributed by atoms with Crippen LogP contribution in [0, 0.1) is 19.3 Å². The summed E-state index contributed by atoms with van der Waals surface area (Å²) in [4.78, 5) is 14.3. The van der Waals surface area contributed by atoms with Gasteiger partial charge >= 0.3 is 0 Å². The fourth-order valence-corrected chi connectivity index (χ4v) is 2.34. The summed E-state index contributed by atoms with van der Waals surface area (Å²) in [6.45, 7) is 10.0. The van der Waals surface area contributed by atoms with Gasteiger partial charge in [0.25, 0.3) is 5.91 Å². The van der Waals surface area contributed by atoms with Gasteiger partial charge in [-0.05, 0) is 32.1 Å². The second-order valence-corrected chi connectivity index (χ2v) is 5.77. The zero-order chi connectivity index (χ0) is 12.6. The van der Waals surface area contributed by atoms with Crippen molar-refractivity contribution in [1.82, 2.24) is 15.1 Å². The molecule has 1 N–H and O–H groups in total. The van der Waals surface area contributed by atoms with Crippen molar-refractivity contribution in [3.8, 4) is 0 Å². The maximum atomic E-state index is 12.4. The van der Waals surface area contributed by atoms with Crippen molar-refractivity contribution < 1.29 is 4.79 Å². The molecule has 1 fully saturated rings. The van der Waals surface area contributed by atoms with E-state index in [9.17, 15) is 4.79 Å². The summed E-state index contributed by atoms with van der Waals surface area (Å²) in [5.41, 5.74) is 2.80. The number of piperidine rings is 1. The molecule has 17 heavy (non-hydrogen) atoms. The van der Waals surface area contributed by atoms with E-state index in [1.807, 2.05) is 18.7 Å². The normalized spacial score (nSPS) is 19.4. The van der Waals surface area contributed by atoms with Crippen LogP contribution < -0.4 is 0 Å². The third-order valence-electron chi connectivity index (χ3n) is 3.75. The minimum atomic E-state index is 0.129. The Kier molecular flexibility index (Phi) is 2.98. The highest BCUT2D eigenvalue weighted by molar-refractivity contribution is 5.96. The maximum Gasteiger partial charge on any atom is 0.257 e. The summed E-state index contributed by atoms with van der Waals surface area (Å²) < 4.78 is 0. The minimum Gasteiger partial charge on any atom is -0.338 e. The van der Waals surface area contributed by atoms with E-state index in [2.05, 4.69) is 24.0 Å². The van der Waals surface area contributed by atoms with E-state index in [0.717, 1.165) is 42.9 Å². The van der Waals surface area contributed by atoms with Gasteiger partial charge in [0.1, 0.15) is 0 Å². The van der Waals surface area contributed by atoms with E-state index < -0.39 is 0 Å². The summed E-state index contributed by atoms with van der Waals surface area (Å²) in [5, 5.41) is 6.96. The Hall–Kier alpha value is -1.32. The number of nitrogens with zero attached hydrogens (tertiary/aromatic N) is 2. The molecule has 0 saturated carbocycles. The third kappa shape index (κ3) is 2.35. The van der Waals surface area contributed by atoms with Crippen LogP contribution in [0.1, 0.15) is 48.4 Å². The topological polar surface area (TPSA) is 49.0 Å². The van der Waals surface area contributed by atoms with Crippen molar-refractivity contribution in [2.75, 3.05) is 13.1 Å². The molecule has 2 rings (SSSR count). The average molecular weight is 235 g/mol. The average Bonchev–Trinajstić information content (AvgIpc) is 2.58. The second kappa shape index (κ2) is 4.17. The molecule has 1 aromatic rings. The second-order valence-electron chi connectivity index (χ2n) is 5.77. The standard InChI is InChI=1S/C13H21N3O/c1-9-11(10(2)15-14-9)12(17)16-7-5-13(3,4)6-8-16/h5-8H2,1-4H3,(H,14,15). The Bertz CT molecular complexity index is 404. The van der Waals surface area contributed by atoms with E-state index in [1.54, 1.807) is 0 Å². The lowest BCUT2D eigenvalue weighted by atomic mass is 9.82. The lowest BCUT2D eigenvalue weighted by molar-refractivity contribution is 0.0629. The van der Waals surface area contributed by atoms with E-state index in [4.69, 9.17) is 0 Å². The number of carbonyl (C=O) groups excluding carboxylic acids is 1. The monoisotopic (exact) mass is 235 g/mol. The molecule has 0 atom stereocenters. The summed E-state index contributed by atoms with van der Waals surface area (Å²) in [6.07, 6.45) is 2.16. The van der Waals surface area contributed by atoms with Crippen LogP contribution in [0.25, 0.3) is 0 Å². The number of aromatic amines is 1. The van der Waals surface area contributed by atoms with E-state index in [-0.39, 0.29) is 5.91 Å². The zero-order valence-electron chi connectivity index (χ0n) is 11.1. The SMILES string of the molecule is Cc1n[nH]c(C)c1C(=O)N1CCC(C)(C)CC1. The predicted molar refractivity (Wildman–Crippen MR) is 67.0 cm³/mol. The Balaban J connectivity index is 2.12. The maximum absolute atomic E-state index is 12.4. The number of nitrogens with one attached hydrogen (secondary N) is 1. The molecule has 0 aliphatic carbocycles. The van der Waals surface area contributed by atoms with Crippen molar-refractivity contribution in [2.45, 2.75) is 40.5 Å². The first-order chi connectivity index (χ1) is 7.91. The number of amides is 1. The van der Waals surface area contributed by atoms with Gasteiger partial charge in [-0.3, -0.25) is 9.89 Å². The first-order valence-corrected chi connectivity index (χ1v) is 6.21. The molecule has 0 bridgehead atoms. The number of carbonyl (C=O) groups is 1. The van der Waals surface area contributed by atoms with Gasteiger partial charge in [-0.1, -0.05) is 13.8 Å². The quantitative estimate of drug-likeness (QED) is 0.812. The molecule has 4 heteroatoms. The van der Waals surface area contributed by atoms with Crippen LogP contribution in [0.15, 0.2) is 0 Å². The molecular formula is C13H21N3O. The molecule has 1 aliphatic heterocycles. The van der Waals surface area contributed by atoms with Crippen LogP contribution in [0.4, 0.5) is 0 Å². The molecule has 0 aromatic carbocycles. The van der Waals surface area contributed by atoms with Crippen LogP contribution in [0.5, 0.6) is 0 Å². The van der Waals surface area contributed by atoms with Gasteiger partial charge in [-0.15, -0.1) is 0 Å². The van der Waals surface area contributed by atoms with E-state index in [0.29, 0.717) is 5.41 Å². The van der Waals surface area contributed by atoms with Gasteiger partial charge in [0.05, 0.1) is 11.3 Å². The van der Waals surface area contributed by atoms with Crippen molar-refractivity contribution in [3.63, 3.8) is 0 Å². The Labute approximate surface area is 102 Å². The van der Waals surface area contributed by atoms with Crippen molar-refractivity contribution in [3.05, 3.63) is 17.0 Å². The van der Waals surface area contributed by atoms with Gasteiger partial charge in [0.2, 0.25) is 0 Å².